The van der Waals surface area contributed by atoms with Gasteiger partial charge in [-0.1, -0.05) is 70.1 Å². The molecular weight excluding hydrogens is 232 g/mol. The van der Waals surface area contributed by atoms with Gasteiger partial charge in [-0.15, -0.1) is 0 Å². The molecule has 0 unspecified atom stereocenters. The largest absolute Gasteiger partial charge is 0.299 e. The SMILES string of the molecule is CCCC/C=C/CCCCCCCCC/C=C/C=O. The van der Waals surface area contributed by atoms with Gasteiger partial charge in [-0.25, -0.2) is 0 Å². The van der Waals surface area contributed by atoms with Crippen molar-refractivity contribution in [3.05, 3.63) is 24.3 Å². The predicted octanol–water partition coefficient (Wildman–Crippen LogP) is 6.00. The van der Waals surface area contributed by atoms with Crippen molar-refractivity contribution in [2.24, 2.45) is 0 Å². The van der Waals surface area contributed by atoms with Gasteiger partial charge in [0.25, 0.3) is 0 Å². The minimum absolute atomic E-state index is 0.858. The fourth-order valence-electron chi connectivity index (χ4n) is 2.12. The van der Waals surface area contributed by atoms with Gasteiger partial charge in [-0.05, 0) is 38.2 Å². The first-order chi connectivity index (χ1) is 9.41. The van der Waals surface area contributed by atoms with Crippen LogP contribution in [0.15, 0.2) is 24.3 Å². The Morgan fingerprint density at radius 3 is 1.63 bits per heavy atom. The first-order valence-electron chi connectivity index (χ1n) is 8.17. The monoisotopic (exact) mass is 264 g/mol. The highest BCUT2D eigenvalue weighted by atomic mass is 16.1. The average molecular weight is 264 g/mol. The summed E-state index contributed by atoms with van der Waals surface area (Å²) >= 11 is 0. The van der Waals surface area contributed by atoms with Gasteiger partial charge in [0.15, 0.2) is 0 Å². The standard InChI is InChI=1S/C18H32O/c1-2-3-4-5-6-7-8-9-10-11-12-13-14-15-16-17-18-19/h5-6,16-18H,2-4,7-15H2,1H3/b6-5+,17-16+. The Balaban J connectivity index is 3.04. The van der Waals surface area contributed by atoms with Gasteiger partial charge in [0.05, 0.1) is 0 Å². The molecule has 0 saturated heterocycles. The average Bonchev–Trinajstić information content (AvgIpc) is 2.43. The lowest BCUT2D eigenvalue weighted by molar-refractivity contribution is -0.104. The summed E-state index contributed by atoms with van der Waals surface area (Å²) < 4.78 is 0. The number of aldehydes is 1. The van der Waals surface area contributed by atoms with Crippen molar-refractivity contribution in [1.82, 2.24) is 0 Å². The van der Waals surface area contributed by atoms with E-state index in [1.54, 1.807) is 6.08 Å². The van der Waals surface area contributed by atoms with Crippen molar-refractivity contribution in [3.8, 4) is 0 Å². The van der Waals surface area contributed by atoms with Gasteiger partial charge in [0, 0.05) is 0 Å². The molecule has 1 heteroatoms. The molecule has 1 nitrogen and oxygen atoms in total. The maximum absolute atomic E-state index is 10.0. The van der Waals surface area contributed by atoms with Gasteiger partial charge in [0.2, 0.25) is 0 Å². The Morgan fingerprint density at radius 2 is 1.11 bits per heavy atom. The van der Waals surface area contributed by atoms with Gasteiger partial charge in [-0.2, -0.15) is 0 Å². The van der Waals surface area contributed by atoms with Crippen LogP contribution in [-0.2, 0) is 4.79 Å². The summed E-state index contributed by atoms with van der Waals surface area (Å²) in [6.07, 6.45) is 24.7. The van der Waals surface area contributed by atoms with Crippen LogP contribution < -0.4 is 0 Å². The molecule has 0 rings (SSSR count). The molecule has 0 spiro atoms. The number of allylic oxidation sites excluding steroid dienone is 4. The van der Waals surface area contributed by atoms with Crippen LogP contribution in [0.4, 0.5) is 0 Å². The van der Waals surface area contributed by atoms with Crippen LogP contribution >= 0.6 is 0 Å². The Hall–Kier alpha value is -0.850. The van der Waals surface area contributed by atoms with E-state index < -0.39 is 0 Å². The second-order valence-electron chi connectivity index (χ2n) is 5.23. The third-order valence-electron chi connectivity index (χ3n) is 3.35. The lowest BCUT2D eigenvalue weighted by Gasteiger charge is -2.00. The van der Waals surface area contributed by atoms with E-state index in [2.05, 4.69) is 19.1 Å². The van der Waals surface area contributed by atoms with Crippen LogP contribution in [0, 0.1) is 0 Å². The number of hydrogen-bond acceptors (Lipinski definition) is 1. The van der Waals surface area contributed by atoms with Crippen LogP contribution in [0.25, 0.3) is 0 Å². The number of hydrogen-bond donors (Lipinski definition) is 0. The molecule has 0 aliphatic heterocycles. The summed E-state index contributed by atoms with van der Waals surface area (Å²) in [5, 5.41) is 0. The lowest BCUT2D eigenvalue weighted by Crippen LogP contribution is -1.80. The molecule has 0 amide bonds. The Morgan fingerprint density at radius 1 is 0.632 bits per heavy atom. The lowest BCUT2D eigenvalue weighted by atomic mass is 10.1. The molecule has 110 valence electrons. The van der Waals surface area contributed by atoms with Crippen molar-refractivity contribution in [3.63, 3.8) is 0 Å². The fourth-order valence-corrected chi connectivity index (χ4v) is 2.12. The number of unbranched alkanes of at least 4 members (excludes halogenated alkanes) is 10. The molecule has 0 saturated carbocycles. The predicted molar refractivity (Wildman–Crippen MR) is 85.4 cm³/mol. The normalized spacial score (nSPS) is 11.6. The molecule has 0 aromatic carbocycles. The summed E-state index contributed by atoms with van der Waals surface area (Å²) in [5.41, 5.74) is 0. The van der Waals surface area contributed by atoms with Gasteiger partial charge < -0.3 is 0 Å². The van der Waals surface area contributed by atoms with Gasteiger partial charge in [-0.3, -0.25) is 4.79 Å². The van der Waals surface area contributed by atoms with E-state index in [1.165, 1.54) is 70.6 Å². The number of carbonyl (C=O) groups is 1. The minimum atomic E-state index is 0.858. The van der Waals surface area contributed by atoms with E-state index in [0.717, 1.165) is 12.7 Å². The molecule has 0 aliphatic rings. The third-order valence-corrected chi connectivity index (χ3v) is 3.35. The molecule has 0 heterocycles. The molecule has 0 aromatic heterocycles. The van der Waals surface area contributed by atoms with Crippen molar-refractivity contribution in [2.75, 3.05) is 0 Å². The quantitative estimate of drug-likeness (QED) is 0.163. The molecule has 19 heavy (non-hydrogen) atoms. The maximum atomic E-state index is 10.0. The fraction of sp³-hybridized carbons (Fsp3) is 0.722. The van der Waals surface area contributed by atoms with Crippen LogP contribution in [0.5, 0.6) is 0 Å². The number of rotatable bonds is 14. The van der Waals surface area contributed by atoms with Crippen LogP contribution in [0.2, 0.25) is 0 Å². The van der Waals surface area contributed by atoms with Gasteiger partial charge >= 0.3 is 0 Å². The smallest absolute Gasteiger partial charge is 0.142 e. The third kappa shape index (κ3) is 17.1. The topological polar surface area (TPSA) is 17.1 Å². The molecule has 0 bridgehead atoms. The van der Waals surface area contributed by atoms with Crippen molar-refractivity contribution >= 4 is 6.29 Å². The van der Waals surface area contributed by atoms with Crippen molar-refractivity contribution < 1.29 is 4.79 Å². The first-order valence-corrected chi connectivity index (χ1v) is 8.17. The summed E-state index contributed by atoms with van der Waals surface area (Å²) in [5.74, 6) is 0. The highest BCUT2D eigenvalue weighted by Gasteiger charge is 1.90. The zero-order valence-electron chi connectivity index (χ0n) is 12.8. The maximum Gasteiger partial charge on any atom is 0.142 e. The molecule has 0 radical (unpaired) electrons. The molecule has 0 atom stereocenters. The minimum Gasteiger partial charge on any atom is -0.299 e. The van der Waals surface area contributed by atoms with E-state index >= 15 is 0 Å². The molecule has 0 aromatic rings. The van der Waals surface area contributed by atoms with Crippen LogP contribution in [0.1, 0.15) is 84.0 Å². The van der Waals surface area contributed by atoms with E-state index in [-0.39, 0.29) is 0 Å². The van der Waals surface area contributed by atoms with E-state index in [9.17, 15) is 4.79 Å². The van der Waals surface area contributed by atoms with E-state index in [4.69, 9.17) is 0 Å². The van der Waals surface area contributed by atoms with Crippen LogP contribution in [-0.4, -0.2) is 6.29 Å². The molecule has 0 N–H and O–H groups in total. The highest BCUT2D eigenvalue weighted by molar-refractivity contribution is 5.64. The number of carbonyl (C=O) groups excluding carboxylic acids is 1. The van der Waals surface area contributed by atoms with Crippen molar-refractivity contribution in [1.29, 1.82) is 0 Å². The first kappa shape index (κ1) is 18.1. The van der Waals surface area contributed by atoms with E-state index in [0.29, 0.717) is 0 Å². The summed E-state index contributed by atoms with van der Waals surface area (Å²) in [7, 11) is 0. The van der Waals surface area contributed by atoms with Crippen molar-refractivity contribution in [2.45, 2.75) is 84.0 Å². The zero-order chi connectivity index (χ0) is 14.0. The second kappa shape index (κ2) is 17.2. The zero-order valence-corrected chi connectivity index (χ0v) is 12.8. The Kier molecular flexibility index (Phi) is 16.4. The summed E-state index contributed by atoms with van der Waals surface area (Å²) in [6.45, 7) is 2.24. The molecule has 0 fully saturated rings. The Labute approximate surface area is 120 Å². The summed E-state index contributed by atoms with van der Waals surface area (Å²) in [6, 6.07) is 0. The van der Waals surface area contributed by atoms with E-state index in [1.807, 2.05) is 6.08 Å². The molecular formula is C18H32O. The highest BCUT2D eigenvalue weighted by Crippen LogP contribution is 2.10. The van der Waals surface area contributed by atoms with Gasteiger partial charge in [0.1, 0.15) is 6.29 Å². The Bertz CT molecular complexity index is 228. The molecule has 0 aliphatic carbocycles. The second-order valence-corrected chi connectivity index (χ2v) is 5.23. The van der Waals surface area contributed by atoms with Crippen LogP contribution in [0.3, 0.4) is 0 Å². The summed E-state index contributed by atoms with van der Waals surface area (Å²) in [4.78, 5) is 10.0.